The number of nitrogens with one attached hydrogen (secondary N) is 3. The number of nitrogens with zero attached hydrogens (tertiary/aromatic N) is 2. The highest BCUT2D eigenvalue weighted by Crippen LogP contribution is 2.05. The third-order valence-corrected chi connectivity index (χ3v) is 4.18. The van der Waals surface area contributed by atoms with Gasteiger partial charge in [0.05, 0.1) is 0 Å². The Kier molecular flexibility index (Phi) is 13.2. The maximum absolute atomic E-state index is 11.8. The number of carbonyl (C=O) groups is 1. The van der Waals surface area contributed by atoms with Crippen molar-refractivity contribution >= 4 is 11.9 Å². The van der Waals surface area contributed by atoms with Crippen LogP contribution in [0.2, 0.25) is 0 Å². The Hall–Kier alpha value is -1.30. The standard InChI is InChI=1S/C19H41N5O/c1-8-17(7)23-18(25)11-13-22-19(20-9-2)21-12-10-14-24(15(3)4)16(5)6/h15-17H,8-14H2,1-7H3,(H,23,25)(H2,20,21,22). The van der Waals surface area contributed by atoms with Crippen molar-refractivity contribution in [3.8, 4) is 0 Å². The molecule has 1 unspecified atom stereocenters. The molecule has 3 N–H and O–H groups in total. The molecule has 0 bridgehead atoms. The summed E-state index contributed by atoms with van der Waals surface area (Å²) in [4.78, 5) is 18.9. The summed E-state index contributed by atoms with van der Waals surface area (Å²) < 4.78 is 0. The maximum Gasteiger partial charge on any atom is 0.221 e. The van der Waals surface area contributed by atoms with E-state index < -0.39 is 0 Å². The molecule has 6 heteroatoms. The lowest BCUT2D eigenvalue weighted by atomic mass is 10.2. The van der Waals surface area contributed by atoms with Crippen molar-refractivity contribution in [2.75, 3.05) is 26.2 Å². The summed E-state index contributed by atoms with van der Waals surface area (Å²) in [6, 6.07) is 1.35. The molecule has 0 spiro atoms. The molecule has 25 heavy (non-hydrogen) atoms. The predicted molar refractivity (Wildman–Crippen MR) is 108 cm³/mol. The number of aliphatic imine (C=N–C) groups is 1. The minimum absolute atomic E-state index is 0.0854. The van der Waals surface area contributed by atoms with Crippen LogP contribution in [0.1, 0.15) is 67.7 Å². The van der Waals surface area contributed by atoms with Gasteiger partial charge < -0.3 is 16.0 Å². The van der Waals surface area contributed by atoms with Gasteiger partial charge in [0.25, 0.3) is 0 Å². The number of hydrogen-bond acceptors (Lipinski definition) is 3. The molecule has 0 aliphatic carbocycles. The molecule has 0 saturated heterocycles. The fourth-order valence-electron chi connectivity index (χ4n) is 2.64. The Labute approximate surface area is 155 Å². The molecule has 0 saturated carbocycles. The number of amides is 1. The first-order valence-electron chi connectivity index (χ1n) is 9.89. The zero-order valence-corrected chi connectivity index (χ0v) is 17.5. The van der Waals surface area contributed by atoms with Crippen LogP contribution in [0.5, 0.6) is 0 Å². The molecule has 0 radical (unpaired) electrons. The molecule has 0 heterocycles. The lowest BCUT2D eigenvalue weighted by molar-refractivity contribution is -0.121. The van der Waals surface area contributed by atoms with E-state index in [9.17, 15) is 4.79 Å². The smallest absolute Gasteiger partial charge is 0.221 e. The summed E-state index contributed by atoms with van der Waals surface area (Å²) in [6.07, 6.45) is 2.44. The van der Waals surface area contributed by atoms with Crippen LogP contribution < -0.4 is 16.0 Å². The van der Waals surface area contributed by atoms with Crippen molar-refractivity contribution in [3.05, 3.63) is 0 Å². The second kappa shape index (κ2) is 13.9. The summed E-state index contributed by atoms with van der Waals surface area (Å²) in [5, 5.41) is 9.45. The van der Waals surface area contributed by atoms with Gasteiger partial charge in [-0.25, -0.2) is 0 Å². The van der Waals surface area contributed by atoms with Gasteiger partial charge in [0.15, 0.2) is 5.96 Å². The summed E-state index contributed by atoms with van der Waals surface area (Å²) >= 11 is 0. The zero-order valence-electron chi connectivity index (χ0n) is 17.5. The van der Waals surface area contributed by atoms with Gasteiger partial charge in [-0.15, -0.1) is 0 Å². The molecule has 1 atom stereocenters. The van der Waals surface area contributed by atoms with E-state index in [2.05, 4.69) is 60.5 Å². The zero-order chi connectivity index (χ0) is 19.2. The van der Waals surface area contributed by atoms with Gasteiger partial charge in [0.2, 0.25) is 5.91 Å². The van der Waals surface area contributed by atoms with Gasteiger partial charge in [0, 0.05) is 50.7 Å². The van der Waals surface area contributed by atoms with Crippen LogP contribution in [0.4, 0.5) is 0 Å². The second-order valence-electron chi connectivity index (χ2n) is 7.09. The minimum Gasteiger partial charge on any atom is -0.357 e. The van der Waals surface area contributed by atoms with Crippen molar-refractivity contribution in [2.45, 2.75) is 85.9 Å². The van der Waals surface area contributed by atoms with Crippen LogP contribution in [0.15, 0.2) is 4.99 Å². The monoisotopic (exact) mass is 355 g/mol. The Bertz CT molecular complexity index is 374. The van der Waals surface area contributed by atoms with Crippen molar-refractivity contribution in [3.63, 3.8) is 0 Å². The molecular weight excluding hydrogens is 314 g/mol. The molecule has 148 valence electrons. The van der Waals surface area contributed by atoms with Gasteiger partial charge in [-0.3, -0.25) is 14.7 Å². The van der Waals surface area contributed by atoms with Crippen molar-refractivity contribution in [2.24, 2.45) is 4.99 Å². The van der Waals surface area contributed by atoms with Crippen LogP contribution >= 0.6 is 0 Å². The first kappa shape index (κ1) is 23.7. The van der Waals surface area contributed by atoms with Crippen molar-refractivity contribution < 1.29 is 4.79 Å². The van der Waals surface area contributed by atoms with E-state index in [1.807, 2.05) is 13.8 Å². The summed E-state index contributed by atoms with van der Waals surface area (Å²) in [5.74, 6) is 0.877. The Balaban J connectivity index is 4.22. The lowest BCUT2D eigenvalue weighted by Gasteiger charge is -2.30. The molecule has 1 amide bonds. The van der Waals surface area contributed by atoms with Crippen LogP contribution in [0, 0.1) is 0 Å². The molecule has 0 aliphatic rings. The van der Waals surface area contributed by atoms with Crippen molar-refractivity contribution in [1.29, 1.82) is 0 Å². The molecule has 0 aromatic rings. The number of rotatable bonds is 12. The van der Waals surface area contributed by atoms with Crippen LogP contribution in [-0.4, -0.2) is 61.1 Å². The quantitative estimate of drug-likeness (QED) is 0.286. The van der Waals surface area contributed by atoms with Gasteiger partial charge in [-0.2, -0.15) is 0 Å². The largest absolute Gasteiger partial charge is 0.357 e. The molecule has 0 aliphatic heterocycles. The summed E-state index contributed by atoms with van der Waals surface area (Å²) in [6.45, 7) is 18.3. The molecule has 0 aromatic carbocycles. The number of guanidine groups is 1. The van der Waals surface area contributed by atoms with Gasteiger partial charge in [-0.05, 0) is 54.4 Å². The summed E-state index contributed by atoms with van der Waals surface area (Å²) in [7, 11) is 0. The molecule has 0 aromatic heterocycles. The van der Waals surface area contributed by atoms with E-state index in [1.54, 1.807) is 0 Å². The Morgan fingerprint density at radius 2 is 1.68 bits per heavy atom. The Morgan fingerprint density at radius 1 is 1.04 bits per heavy atom. The number of hydrogen-bond donors (Lipinski definition) is 3. The third kappa shape index (κ3) is 11.8. The summed E-state index contributed by atoms with van der Waals surface area (Å²) in [5.41, 5.74) is 0. The average Bonchev–Trinajstić information content (AvgIpc) is 2.53. The molecule has 6 nitrogen and oxygen atoms in total. The van der Waals surface area contributed by atoms with E-state index in [-0.39, 0.29) is 11.9 Å². The fraction of sp³-hybridized carbons (Fsp3) is 0.895. The van der Waals surface area contributed by atoms with Gasteiger partial charge >= 0.3 is 0 Å². The lowest BCUT2D eigenvalue weighted by Crippen LogP contribution is -2.40. The Morgan fingerprint density at radius 3 is 2.20 bits per heavy atom. The van der Waals surface area contributed by atoms with E-state index in [1.165, 1.54) is 0 Å². The maximum atomic E-state index is 11.8. The highest BCUT2D eigenvalue weighted by atomic mass is 16.1. The van der Waals surface area contributed by atoms with Crippen LogP contribution in [0.25, 0.3) is 0 Å². The first-order chi connectivity index (χ1) is 11.8. The van der Waals surface area contributed by atoms with Crippen LogP contribution in [0.3, 0.4) is 0 Å². The molecule has 0 fully saturated rings. The second-order valence-corrected chi connectivity index (χ2v) is 7.09. The fourth-order valence-corrected chi connectivity index (χ4v) is 2.64. The van der Waals surface area contributed by atoms with E-state index >= 15 is 0 Å². The molecular formula is C19H41N5O. The topological polar surface area (TPSA) is 68.8 Å². The van der Waals surface area contributed by atoms with Gasteiger partial charge in [0.1, 0.15) is 0 Å². The van der Waals surface area contributed by atoms with Crippen LogP contribution in [-0.2, 0) is 4.79 Å². The van der Waals surface area contributed by atoms with E-state index in [0.717, 1.165) is 38.4 Å². The van der Waals surface area contributed by atoms with Crippen molar-refractivity contribution in [1.82, 2.24) is 20.9 Å². The minimum atomic E-state index is 0.0854. The van der Waals surface area contributed by atoms with E-state index in [4.69, 9.17) is 0 Å². The first-order valence-corrected chi connectivity index (χ1v) is 9.89. The highest BCUT2D eigenvalue weighted by molar-refractivity contribution is 5.81. The molecule has 0 rings (SSSR count). The predicted octanol–water partition coefficient (Wildman–Crippen LogP) is 2.36. The van der Waals surface area contributed by atoms with E-state index in [0.29, 0.717) is 25.0 Å². The SMILES string of the molecule is CCNC(=NCCCN(C(C)C)C(C)C)NCCC(=O)NC(C)CC. The third-order valence-electron chi connectivity index (χ3n) is 4.18. The average molecular weight is 356 g/mol. The number of carbonyl (C=O) groups excluding carboxylic acids is 1. The van der Waals surface area contributed by atoms with Gasteiger partial charge in [-0.1, -0.05) is 6.92 Å². The normalized spacial score (nSPS) is 13.4. The highest BCUT2D eigenvalue weighted by Gasteiger charge is 2.12.